The molecule has 4 aromatic rings. The Morgan fingerprint density at radius 3 is 2.25 bits per heavy atom. The number of nitrogens with zero attached hydrogens (tertiary/aromatic N) is 3. The molecule has 0 fully saturated rings. The van der Waals surface area contributed by atoms with Crippen LogP contribution < -0.4 is 5.43 Å². The van der Waals surface area contributed by atoms with E-state index in [0.717, 1.165) is 23.3 Å². The number of hydrogen-bond acceptors (Lipinski definition) is 2. The number of aromatic nitrogens is 2. The first kappa shape index (κ1) is 16.8. The van der Waals surface area contributed by atoms with Crippen molar-refractivity contribution in [1.29, 1.82) is 0 Å². The standard InChI is InChI=1S/C23H21N3O2/c1-16-19-11-6-12-24(19)13-14-25(16)22(27)15-26-20-9-4-2-7-17(20)23(28)18-8-3-5-10-21(18)26/h2-12,16H,13-15H2,1H3/t16-/m0/s1. The van der Waals surface area contributed by atoms with Gasteiger partial charge in [-0.05, 0) is 43.3 Å². The topological polar surface area (TPSA) is 47.2 Å². The van der Waals surface area contributed by atoms with Gasteiger partial charge in [-0.1, -0.05) is 24.3 Å². The average Bonchev–Trinajstić information content (AvgIpc) is 3.21. The smallest absolute Gasteiger partial charge is 0.243 e. The first-order valence-corrected chi connectivity index (χ1v) is 9.60. The lowest BCUT2D eigenvalue weighted by Crippen LogP contribution is -2.42. The van der Waals surface area contributed by atoms with E-state index in [0.29, 0.717) is 17.3 Å². The monoisotopic (exact) mass is 371 g/mol. The van der Waals surface area contributed by atoms with Crippen molar-refractivity contribution < 1.29 is 4.79 Å². The predicted molar refractivity (Wildman–Crippen MR) is 110 cm³/mol. The first-order chi connectivity index (χ1) is 13.6. The highest BCUT2D eigenvalue weighted by atomic mass is 16.2. The molecule has 5 nitrogen and oxygen atoms in total. The van der Waals surface area contributed by atoms with Crippen LogP contribution in [0.1, 0.15) is 18.7 Å². The molecule has 2 aromatic heterocycles. The van der Waals surface area contributed by atoms with Gasteiger partial charge in [-0.3, -0.25) is 9.59 Å². The molecule has 1 aliphatic heterocycles. The van der Waals surface area contributed by atoms with Crippen molar-refractivity contribution in [2.75, 3.05) is 6.54 Å². The van der Waals surface area contributed by atoms with Crippen molar-refractivity contribution in [2.45, 2.75) is 26.1 Å². The lowest BCUT2D eigenvalue weighted by atomic mass is 10.1. The number of carbonyl (C=O) groups is 1. The number of amides is 1. The Bertz CT molecular complexity index is 1210. The lowest BCUT2D eigenvalue weighted by Gasteiger charge is -2.35. The molecular formula is C23H21N3O2. The van der Waals surface area contributed by atoms with Crippen molar-refractivity contribution in [3.63, 3.8) is 0 Å². The van der Waals surface area contributed by atoms with Crippen molar-refractivity contribution in [3.05, 3.63) is 82.8 Å². The van der Waals surface area contributed by atoms with Crippen LogP contribution in [0.4, 0.5) is 0 Å². The number of para-hydroxylation sites is 2. The van der Waals surface area contributed by atoms with Gasteiger partial charge in [-0.15, -0.1) is 0 Å². The van der Waals surface area contributed by atoms with Crippen molar-refractivity contribution in [3.8, 4) is 0 Å². The number of fused-ring (bicyclic) bond motifs is 3. The fraction of sp³-hybridized carbons (Fsp3) is 0.217. The summed E-state index contributed by atoms with van der Waals surface area (Å²) in [6.07, 6.45) is 2.07. The molecule has 0 spiro atoms. The molecular weight excluding hydrogens is 350 g/mol. The summed E-state index contributed by atoms with van der Waals surface area (Å²) in [5.41, 5.74) is 2.77. The summed E-state index contributed by atoms with van der Waals surface area (Å²) in [6, 6.07) is 19.2. The fourth-order valence-corrected chi connectivity index (χ4v) is 4.39. The van der Waals surface area contributed by atoms with E-state index in [1.54, 1.807) is 0 Å². The number of pyridine rings is 1. The number of carbonyl (C=O) groups excluding carboxylic acids is 1. The van der Waals surface area contributed by atoms with E-state index < -0.39 is 0 Å². The normalized spacial score (nSPS) is 16.5. The van der Waals surface area contributed by atoms with E-state index in [1.807, 2.05) is 64.1 Å². The minimum Gasteiger partial charge on any atom is -0.348 e. The molecule has 28 heavy (non-hydrogen) atoms. The van der Waals surface area contributed by atoms with Gasteiger partial charge < -0.3 is 14.0 Å². The van der Waals surface area contributed by atoms with Crippen LogP contribution in [0.3, 0.4) is 0 Å². The highest BCUT2D eigenvalue weighted by molar-refractivity contribution is 5.94. The zero-order valence-electron chi connectivity index (χ0n) is 15.7. The molecule has 1 aliphatic rings. The van der Waals surface area contributed by atoms with E-state index in [-0.39, 0.29) is 23.9 Å². The van der Waals surface area contributed by atoms with Crippen LogP contribution in [0, 0.1) is 0 Å². The van der Waals surface area contributed by atoms with Gasteiger partial charge in [0.05, 0.1) is 17.1 Å². The predicted octanol–water partition coefficient (Wildman–Crippen LogP) is 3.56. The average molecular weight is 371 g/mol. The van der Waals surface area contributed by atoms with Crippen molar-refractivity contribution in [2.24, 2.45) is 0 Å². The Hall–Kier alpha value is -3.34. The minimum atomic E-state index is 0.0130. The number of benzene rings is 2. The Balaban J connectivity index is 1.61. The molecule has 0 saturated heterocycles. The highest BCUT2D eigenvalue weighted by Gasteiger charge is 2.27. The van der Waals surface area contributed by atoms with Gasteiger partial charge in [0, 0.05) is 35.8 Å². The molecule has 3 heterocycles. The molecule has 0 unspecified atom stereocenters. The highest BCUT2D eigenvalue weighted by Crippen LogP contribution is 2.26. The van der Waals surface area contributed by atoms with Crippen LogP contribution in [0.2, 0.25) is 0 Å². The molecule has 5 heteroatoms. The van der Waals surface area contributed by atoms with Crippen molar-refractivity contribution in [1.82, 2.24) is 14.0 Å². The van der Waals surface area contributed by atoms with Gasteiger partial charge in [-0.25, -0.2) is 0 Å². The van der Waals surface area contributed by atoms with Gasteiger partial charge in [0.2, 0.25) is 5.91 Å². The lowest BCUT2D eigenvalue weighted by molar-refractivity contribution is -0.134. The molecule has 0 saturated carbocycles. The summed E-state index contributed by atoms with van der Waals surface area (Å²) in [7, 11) is 0. The molecule has 0 bridgehead atoms. The zero-order valence-corrected chi connectivity index (χ0v) is 15.7. The van der Waals surface area contributed by atoms with Crippen molar-refractivity contribution >= 4 is 27.7 Å². The van der Waals surface area contributed by atoms with E-state index >= 15 is 0 Å². The van der Waals surface area contributed by atoms with E-state index in [4.69, 9.17) is 0 Å². The SMILES string of the molecule is C[C@H]1c2cccn2CCN1C(=O)Cn1c2ccccc2c(=O)c2ccccc21. The Kier molecular flexibility index (Phi) is 3.83. The van der Waals surface area contributed by atoms with E-state index in [9.17, 15) is 9.59 Å². The number of hydrogen-bond donors (Lipinski definition) is 0. The summed E-state index contributed by atoms with van der Waals surface area (Å²) in [4.78, 5) is 28.1. The third-order valence-electron chi connectivity index (χ3n) is 5.83. The number of rotatable bonds is 2. The minimum absolute atomic E-state index is 0.0130. The second kappa shape index (κ2) is 6.37. The third-order valence-corrected chi connectivity index (χ3v) is 5.83. The summed E-state index contributed by atoms with van der Waals surface area (Å²) in [5.74, 6) is 0.0684. The molecule has 2 aromatic carbocycles. The van der Waals surface area contributed by atoms with Crippen LogP contribution in [0.5, 0.6) is 0 Å². The molecule has 5 rings (SSSR count). The van der Waals surface area contributed by atoms with Gasteiger partial charge in [0.25, 0.3) is 0 Å². The maximum Gasteiger partial charge on any atom is 0.243 e. The Morgan fingerprint density at radius 1 is 0.929 bits per heavy atom. The maximum absolute atomic E-state index is 13.3. The summed E-state index contributed by atoms with van der Waals surface area (Å²) < 4.78 is 4.19. The molecule has 140 valence electrons. The molecule has 1 amide bonds. The van der Waals surface area contributed by atoms with Crippen LogP contribution in [0.25, 0.3) is 21.8 Å². The fourth-order valence-electron chi connectivity index (χ4n) is 4.39. The van der Waals surface area contributed by atoms with Gasteiger partial charge in [0.1, 0.15) is 6.54 Å². The maximum atomic E-state index is 13.3. The molecule has 0 N–H and O–H groups in total. The first-order valence-electron chi connectivity index (χ1n) is 9.60. The van der Waals surface area contributed by atoms with Crippen LogP contribution in [-0.4, -0.2) is 26.5 Å². The summed E-state index contributed by atoms with van der Waals surface area (Å²) >= 11 is 0. The van der Waals surface area contributed by atoms with Gasteiger partial charge >= 0.3 is 0 Å². The second-order valence-electron chi connectivity index (χ2n) is 7.34. The summed E-state index contributed by atoms with van der Waals surface area (Å²) in [5, 5.41) is 1.30. The Morgan fingerprint density at radius 2 is 1.57 bits per heavy atom. The largest absolute Gasteiger partial charge is 0.348 e. The molecule has 0 aliphatic carbocycles. The molecule has 1 atom stereocenters. The zero-order chi connectivity index (χ0) is 19.3. The third kappa shape index (κ3) is 2.47. The van der Waals surface area contributed by atoms with Gasteiger partial charge in [0.15, 0.2) is 5.43 Å². The van der Waals surface area contributed by atoms with Gasteiger partial charge in [-0.2, -0.15) is 0 Å². The van der Waals surface area contributed by atoms with Crippen LogP contribution in [0.15, 0.2) is 71.7 Å². The van der Waals surface area contributed by atoms with E-state index in [2.05, 4.69) is 23.8 Å². The second-order valence-corrected chi connectivity index (χ2v) is 7.34. The quantitative estimate of drug-likeness (QED) is 0.506. The van der Waals surface area contributed by atoms with Crippen LogP contribution in [-0.2, 0) is 17.9 Å². The van der Waals surface area contributed by atoms with Crippen LogP contribution >= 0.6 is 0 Å². The Labute approximate surface area is 162 Å². The van der Waals surface area contributed by atoms with E-state index in [1.165, 1.54) is 0 Å². The summed E-state index contributed by atoms with van der Waals surface area (Å²) in [6.45, 7) is 3.79. The molecule has 0 radical (unpaired) electrons.